The lowest BCUT2D eigenvalue weighted by atomic mass is 10.1. The number of thiophene rings is 1. The first-order valence-corrected chi connectivity index (χ1v) is 8.12. The lowest BCUT2D eigenvalue weighted by molar-refractivity contribution is 0.0954. The Kier molecular flexibility index (Phi) is 4.67. The number of hydrogen-bond donors (Lipinski definition) is 2. The quantitative estimate of drug-likeness (QED) is 0.751. The van der Waals surface area contributed by atoms with Crippen molar-refractivity contribution in [3.8, 4) is 10.4 Å². The Hall–Kier alpha value is -2.99. The average Bonchev–Trinajstić information content (AvgIpc) is 3.11. The molecule has 0 bridgehead atoms. The largest absolute Gasteiger partial charge is 0.366 e. The second kappa shape index (κ2) is 7.06. The number of nitrogens with zero attached hydrogens (tertiary/aromatic N) is 1. The minimum atomic E-state index is -0.483. The normalized spacial score (nSPS) is 10.3. The molecule has 0 atom stereocenters. The number of nitrogens with two attached hydrogens (primary N) is 1. The fraction of sp³-hybridized carbons (Fsp3) is 0.0556. The number of aromatic nitrogens is 1. The minimum absolute atomic E-state index is 0.148. The molecule has 2 heterocycles. The molecule has 0 saturated carbocycles. The highest BCUT2D eigenvalue weighted by Gasteiger charge is 2.10. The monoisotopic (exact) mass is 337 g/mol. The van der Waals surface area contributed by atoms with E-state index >= 15 is 0 Å². The van der Waals surface area contributed by atoms with Gasteiger partial charge in [0.1, 0.15) is 0 Å². The van der Waals surface area contributed by atoms with Gasteiger partial charge in [-0.2, -0.15) is 0 Å². The van der Waals surface area contributed by atoms with Crippen molar-refractivity contribution in [3.05, 3.63) is 76.9 Å². The van der Waals surface area contributed by atoms with Crippen molar-refractivity contribution < 1.29 is 9.59 Å². The molecule has 3 aromatic rings. The van der Waals surface area contributed by atoms with Gasteiger partial charge in [0, 0.05) is 29.4 Å². The Morgan fingerprint density at radius 1 is 1.08 bits per heavy atom. The molecule has 2 amide bonds. The van der Waals surface area contributed by atoms with E-state index in [1.807, 2.05) is 24.3 Å². The zero-order valence-corrected chi connectivity index (χ0v) is 13.5. The lowest BCUT2D eigenvalue weighted by Crippen LogP contribution is -2.22. The maximum absolute atomic E-state index is 12.3. The summed E-state index contributed by atoms with van der Waals surface area (Å²) in [5, 5.41) is 2.85. The van der Waals surface area contributed by atoms with Crippen molar-refractivity contribution >= 4 is 23.2 Å². The number of primary amides is 1. The number of rotatable bonds is 5. The number of carbonyl (C=O) groups excluding carboxylic acids is 2. The summed E-state index contributed by atoms with van der Waals surface area (Å²) in [6.45, 7) is 0.336. The predicted octanol–water partition coefficient (Wildman–Crippen LogP) is 2.84. The minimum Gasteiger partial charge on any atom is -0.366 e. The van der Waals surface area contributed by atoms with Gasteiger partial charge < -0.3 is 11.1 Å². The van der Waals surface area contributed by atoms with Gasteiger partial charge in [0.25, 0.3) is 5.91 Å². The third-order valence-corrected chi connectivity index (χ3v) is 4.59. The van der Waals surface area contributed by atoms with Crippen molar-refractivity contribution in [2.24, 2.45) is 5.73 Å². The predicted molar refractivity (Wildman–Crippen MR) is 93.7 cm³/mol. The van der Waals surface area contributed by atoms with E-state index in [-0.39, 0.29) is 5.91 Å². The van der Waals surface area contributed by atoms with Crippen LogP contribution >= 0.6 is 11.3 Å². The van der Waals surface area contributed by atoms with E-state index in [1.165, 1.54) is 11.3 Å². The summed E-state index contributed by atoms with van der Waals surface area (Å²) in [4.78, 5) is 29.1. The van der Waals surface area contributed by atoms with Gasteiger partial charge in [0.2, 0.25) is 5.91 Å². The highest BCUT2D eigenvalue weighted by Crippen LogP contribution is 2.27. The highest BCUT2D eigenvalue weighted by molar-refractivity contribution is 7.17. The van der Waals surface area contributed by atoms with Crippen molar-refractivity contribution in [1.29, 1.82) is 0 Å². The molecule has 5 nitrogen and oxygen atoms in total. The SMILES string of the molecule is NC(=O)c1cccc(CNC(=O)c2ccc(-c3ccncc3)s2)c1. The third kappa shape index (κ3) is 3.67. The van der Waals surface area contributed by atoms with Gasteiger partial charge in [0.15, 0.2) is 0 Å². The fourth-order valence-electron chi connectivity index (χ4n) is 2.24. The van der Waals surface area contributed by atoms with Crippen molar-refractivity contribution in [2.75, 3.05) is 0 Å². The highest BCUT2D eigenvalue weighted by atomic mass is 32.1. The van der Waals surface area contributed by atoms with Gasteiger partial charge in [-0.25, -0.2) is 0 Å². The first-order chi connectivity index (χ1) is 11.6. The summed E-state index contributed by atoms with van der Waals surface area (Å²) >= 11 is 1.42. The summed E-state index contributed by atoms with van der Waals surface area (Å²) < 4.78 is 0. The third-order valence-electron chi connectivity index (χ3n) is 3.46. The van der Waals surface area contributed by atoms with Gasteiger partial charge >= 0.3 is 0 Å². The van der Waals surface area contributed by atoms with Gasteiger partial charge in [-0.05, 0) is 47.5 Å². The van der Waals surface area contributed by atoms with Crippen LogP contribution in [-0.2, 0) is 6.54 Å². The van der Waals surface area contributed by atoms with Crippen LogP contribution in [0.4, 0.5) is 0 Å². The molecule has 0 aliphatic rings. The molecule has 0 radical (unpaired) electrons. The maximum atomic E-state index is 12.3. The summed E-state index contributed by atoms with van der Waals surface area (Å²) in [7, 11) is 0. The fourth-order valence-corrected chi connectivity index (χ4v) is 3.16. The van der Waals surface area contributed by atoms with Crippen molar-refractivity contribution in [1.82, 2.24) is 10.3 Å². The van der Waals surface area contributed by atoms with Crippen LogP contribution < -0.4 is 11.1 Å². The van der Waals surface area contributed by atoms with E-state index in [2.05, 4.69) is 10.3 Å². The van der Waals surface area contributed by atoms with Crippen LogP contribution in [0.1, 0.15) is 25.6 Å². The Bertz CT molecular complexity index is 875. The number of pyridine rings is 1. The maximum Gasteiger partial charge on any atom is 0.261 e. The number of benzene rings is 1. The molecule has 2 aromatic heterocycles. The molecular weight excluding hydrogens is 322 g/mol. The summed E-state index contributed by atoms with van der Waals surface area (Å²) in [5.41, 5.74) is 7.54. The number of hydrogen-bond acceptors (Lipinski definition) is 4. The van der Waals surface area contributed by atoms with E-state index in [0.29, 0.717) is 17.0 Å². The first-order valence-electron chi connectivity index (χ1n) is 7.30. The molecular formula is C18H15N3O2S. The van der Waals surface area contributed by atoms with Gasteiger partial charge in [-0.1, -0.05) is 12.1 Å². The van der Waals surface area contributed by atoms with Crippen LogP contribution in [0.25, 0.3) is 10.4 Å². The zero-order valence-electron chi connectivity index (χ0n) is 12.7. The Morgan fingerprint density at radius 2 is 1.88 bits per heavy atom. The van der Waals surface area contributed by atoms with Gasteiger partial charge in [-0.15, -0.1) is 11.3 Å². The first kappa shape index (κ1) is 15.9. The summed E-state index contributed by atoms with van der Waals surface area (Å²) in [5.74, 6) is -0.631. The molecule has 1 aromatic carbocycles. The molecule has 6 heteroatoms. The second-order valence-corrected chi connectivity index (χ2v) is 6.23. The molecule has 3 N–H and O–H groups in total. The second-order valence-electron chi connectivity index (χ2n) is 5.15. The Morgan fingerprint density at radius 3 is 2.62 bits per heavy atom. The van der Waals surface area contributed by atoms with Crippen LogP contribution in [-0.4, -0.2) is 16.8 Å². The molecule has 120 valence electrons. The van der Waals surface area contributed by atoms with Crippen LogP contribution in [0.2, 0.25) is 0 Å². The lowest BCUT2D eigenvalue weighted by Gasteiger charge is -2.05. The standard InChI is InChI=1S/C18H15N3O2S/c19-17(22)14-3-1-2-12(10-14)11-21-18(23)16-5-4-15(24-16)13-6-8-20-9-7-13/h1-10H,11H2,(H2,19,22)(H,21,23). The van der Waals surface area contributed by atoms with E-state index in [1.54, 1.807) is 36.7 Å². The summed E-state index contributed by atoms with van der Waals surface area (Å²) in [6.07, 6.45) is 3.45. The van der Waals surface area contributed by atoms with Crippen LogP contribution in [0.3, 0.4) is 0 Å². The molecule has 0 saturated heterocycles. The van der Waals surface area contributed by atoms with Gasteiger partial charge in [0.05, 0.1) is 4.88 Å². The molecule has 24 heavy (non-hydrogen) atoms. The zero-order chi connectivity index (χ0) is 16.9. The summed E-state index contributed by atoms with van der Waals surface area (Å²) in [6, 6.07) is 14.4. The number of nitrogens with one attached hydrogen (secondary N) is 1. The topological polar surface area (TPSA) is 85.1 Å². The van der Waals surface area contributed by atoms with Crippen molar-refractivity contribution in [3.63, 3.8) is 0 Å². The smallest absolute Gasteiger partial charge is 0.261 e. The van der Waals surface area contributed by atoms with Crippen LogP contribution in [0.15, 0.2) is 60.9 Å². The molecule has 0 spiro atoms. The molecule has 3 rings (SSSR count). The Balaban J connectivity index is 1.67. The number of amides is 2. The van der Waals surface area contributed by atoms with E-state index < -0.39 is 5.91 Å². The molecule has 0 fully saturated rings. The van der Waals surface area contributed by atoms with Crippen LogP contribution in [0, 0.1) is 0 Å². The number of carbonyl (C=O) groups is 2. The molecule has 0 aliphatic heterocycles. The van der Waals surface area contributed by atoms with Gasteiger partial charge in [-0.3, -0.25) is 14.6 Å². The van der Waals surface area contributed by atoms with E-state index in [9.17, 15) is 9.59 Å². The Labute approximate surface area is 143 Å². The van der Waals surface area contributed by atoms with E-state index in [4.69, 9.17) is 5.73 Å². The van der Waals surface area contributed by atoms with Crippen LogP contribution in [0.5, 0.6) is 0 Å². The molecule has 0 aliphatic carbocycles. The average molecular weight is 337 g/mol. The van der Waals surface area contributed by atoms with Crippen molar-refractivity contribution in [2.45, 2.75) is 6.54 Å². The van der Waals surface area contributed by atoms with E-state index in [0.717, 1.165) is 16.0 Å². The molecule has 0 unspecified atom stereocenters.